The van der Waals surface area contributed by atoms with Crippen LogP contribution in [-0.4, -0.2) is 22.4 Å². The fraction of sp³-hybridized carbons (Fsp3) is 0.167. The lowest BCUT2D eigenvalue weighted by Gasteiger charge is -1.87. The van der Waals surface area contributed by atoms with Crippen LogP contribution in [-0.2, 0) is 9.63 Å². The number of carbonyl (C=O) groups excluding carboxylic acids is 1. The van der Waals surface area contributed by atoms with Crippen molar-refractivity contribution < 1.29 is 9.63 Å². The van der Waals surface area contributed by atoms with Gasteiger partial charge in [0.15, 0.2) is 0 Å². The summed E-state index contributed by atoms with van der Waals surface area (Å²) >= 11 is 3.21. The third kappa shape index (κ3) is 2.46. The van der Waals surface area contributed by atoms with Gasteiger partial charge in [-0.25, -0.2) is 4.79 Å². The van der Waals surface area contributed by atoms with E-state index < -0.39 is 5.97 Å². The molecule has 0 atom stereocenters. The number of aromatic amines is 1. The van der Waals surface area contributed by atoms with Gasteiger partial charge < -0.3 is 4.84 Å². The van der Waals surface area contributed by atoms with Crippen molar-refractivity contribution in [1.29, 1.82) is 0 Å². The van der Waals surface area contributed by atoms with E-state index in [0.717, 1.165) is 4.47 Å². The average molecular weight is 232 g/mol. The van der Waals surface area contributed by atoms with Crippen molar-refractivity contribution in [2.45, 2.75) is 6.92 Å². The van der Waals surface area contributed by atoms with Crippen LogP contribution in [0.1, 0.15) is 12.6 Å². The minimum absolute atomic E-state index is 0.457. The minimum atomic E-state index is -0.457. The second-order valence-electron chi connectivity index (χ2n) is 1.95. The topological polar surface area (TPSA) is 67.3 Å². The van der Waals surface area contributed by atoms with Crippen LogP contribution in [0.25, 0.3) is 0 Å². The fourth-order valence-electron chi connectivity index (χ4n) is 0.525. The zero-order valence-corrected chi connectivity index (χ0v) is 7.83. The van der Waals surface area contributed by atoms with Gasteiger partial charge in [-0.1, -0.05) is 5.16 Å². The largest absolute Gasteiger partial charge is 0.331 e. The van der Waals surface area contributed by atoms with E-state index in [1.165, 1.54) is 13.1 Å². The highest BCUT2D eigenvalue weighted by atomic mass is 79.9. The Hall–Kier alpha value is -1.17. The molecular formula is C6H6BrN3O2. The third-order valence-electron chi connectivity index (χ3n) is 0.983. The summed E-state index contributed by atoms with van der Waals surface area (Å²) in [6.45, 7) is 1.28. The Morgan fingerprint density at radius 1 is 1.92 bits per heavy atom. The Labute approximate surface area is 76.9 Å². The molecule has 1 aromatic heterocycles. The molecule has 0 saturated heterocycles. The summed E-state index contributed by atoms with van der Waals surface area (Å²) in [5.41, 5.74) is 0.649. The molecule has 0 spiro atoms. The van der Waals surface area contributed by atoms with E-state index in [1.807, 2.05) is 0 Å². The molecule has 5 nitrogen and oxygen atoms in total. The van der Waals surface area contributed by atoms with Crippen LogP contribution >= 0.6 is 15.9 Å². The maximum Gasteiger partial charge on any atom is 0.331 e. The molecule has 0 aromatic carbocycles. The molecule has 6 heteroatoms. The summed E-state index contributed by atoms with van der Waals surface area (Å²) in [6.07, 6.45) is 2.94. The lowest BCUT2D eigenvalue weighted by molar-refractivity contribution is -0.140. The van der Waals surface area contributed by atoms with E-state index in [0.29, 0.717) is 5.69 Å². The Kier molecular flexibility index (Phi) is 2.98. The van der Waals surface area contributed by atoms with Crippen LogP contribution < -0.4 is 0 Å². The summed E-state index contributed by atoms with van der Waals surface area (Å²) in [6, 6.07) is 0. The Morgan fingerprint density at radius 3 is 3.17 bits per heavy atom. The highest BCUT2D eigenvalue weighted by Gasteiger charge is 1.97. The fourth-order valence-corrected chi connectivity index (χ4v) is 0.819. The van der Waals surface area contributed by atoms with Crippen molar-refractivity contribution in [1.82, 2.24) is 10.2 Å². The molecule has 0 aliphatic rings. The maximum absolute atomic E-state index is 10.3. The predicted molar refractivity (Wildman–Crippen MR) is 45.6 cm³/mol. The number of halogens is 1. The molecular weight excluding hydrogens is 226 g/mol. The van der Waals surface area contributed by atoms with Gasteiger partial charge in [-0.15, -0.1) is 0 Å². The summed E-state index contributed by atoms with van der Waals surface area (Å²) in [5.74, 6) is -0.457. The van der Waals surface area contributed by atoms with Crippen molar-refractivity contribution in [3.8, 4) is 0 Å². The van der Waals surface area contributed by atoms with E-state index in [4.69, 9.17) is 0 Å². The number of nitrogens with zero attached hydrogens (tertiary/aromatic N) is 2. The number of aromatic nitrogens is 2. The molecule has 1 heterocycles. The van der Waals surface area contributed by atoms with Gasteiger partial charge in [-0.05, 0) is 15.9 Å². The molecule has 0 aliphatic heterocycles. The van der Waals surface area contributed by atoms with Gasteiger partial charge in [-0.3, -0.25) is 5.10 Å². The lowest BCUT2D eigenvalue weighted by atomic mass is 10.5. The number of nitrogens with one attached hydrogen (secondary N) is 1. The van der Waals surface area contributed by atoms with Gasteiger partial charge in [0.2, 0.25) is 0 Å². The summed E-state index contributed by atoms with van der Waals surface area (Å²) in [4.78, 5) is 14.6. The zero-order chi connectivity index (χ0) is 8.97. The van der Waals surface area contributed by atoms with Crippen molar-refractivity contribution in [2.75, 3.05) is 0 Å². The van der Waals surface area contributed by atoms with E-state index in [1.54, 1.807) is 6.20 Å². The molecule has 1 aromatic rings. The summed E-state index contributed by atoms with van der Waals surface area (Å²) < 4.78 is 0.762. The quantitative estimate of drug-likeness (QED) is 0.471. The van der Waals surface area contributed by atoms with Gasteiger partial charge in [0.25, 0.3) is 0 Å². The molecule has 1 N–H and O–H groups in total. The predicted octanol–water partition coefficient (Wildman–Crippen LogP) is 1.07. The van der Waals surface area contributed by atoms with E-state index in [9.17, 15) is 4.79 Å². The van der Waals surface area contributed by atoms with E-state index in [-0.39, 0.29) is 0 Å². The first-order valence-corrected chi connectivity index (χ1v) is 3.89. The Balaban J connectivity index is 2.57. The number of rotatable bonds is 2. The van der Waals surface area contributed by atoms with Gasteiger partial charge in [0.05, 0.1) is 22.6 Å². The van der Waals surface area contributed by atoms with Crippen LogP contribution in [0, 0.1) is 0 Å². The molecule has 1 rings (SSSR count). The molecule has 0 aliphatic carbocycles. The van der Waals surface area contributed by atoms with Crippen molar-refractivity contribution >= 4 is 28.1 Å². The summed E-state index contributed by atoms with van der Waals surface area (Å²) in [7, 11) is 0. The Bertz CT molecular complexity index is 307. The highest BCUT2D eigenvalue weighted by molar-refractivity contribution is 9.10. The van der Waals surface area contributed by atoms with Crippen LogP contribution in [0.5, 0.6) is 0 Å². The van der Waals surface area contributed by atoms with Crippen molar-refractivity contribution in [3.05, 3.63) is 16.4 Å². The normalized spacial score (nSPS) is 10.5. The first kappa shape index (κ1) is 8.92. The minimum Gasteiger partial charge on any atom is -0.319 e. The highest BCUT2D eigenvalue weighted by Crippen LogP contribution is 2.09. The third-order valence-corrected chi connectivity index (χ3v) is 1.62. The van der Waals surface area contributed by atoms with Gasteiger partial charge in [0.1, 0.15) is 0 Å². The van der Waals surface area contributed by atoms with Crippen molar-refractivity contribution in [2.24, 2.45) is 5.16 Å². The molecule has 64 valence electrons. The molecule has 0 unspecified atom stereocenters. The number of H-pyrrole nitrogens is 1. The van der Waals surface area contributed by atoms with E-state index >= 15 is 0 Å². The SMILES string of the molecule is CC(=O)O/N=C/c1[nH]ncc1Br. The molecule has 0 radical (unpaired) electrons. The molecule has 0 saturated carbocycles. The van der Waals surface area contributed by atoms with Crippen LogP contribution in [0.4, 0.5) is 0 Å². The molecule has 0 bridgehead atoms. The lowest BCUT2D eigenvalue weighted by Crippen LogP contribution is -1.92. The second kappa shape index (κ2) is 4.01. The first-order valence-electron chi connectivity index (χ1n) is 3.10. The molecule has 0 amide bonds. The number of hydrogen-bond donors (Lipinski definition) is 1. The number of hydrogen-bond acceptors (Lipinski definition) is 4. The zero-order valence-electron chi connectivity index (χ0n) is 6.24. The number of carbonyl (C=O) groups is 1. The van der Waals surface area contributed by atoms with Crippen LogP contribution in [0.15, 0.2) is 15.8 Å². The standard InChI is InChI=1S/C6H6BrN3O2/c1-4(11)12-9-3-6-5(7)2-8-10-6/h2-3H,1H3,(H,8,10)/b9-3+. The van der Waals surface area contributed by atoms with Crippen LogP contribution in [0.2, 0.25) is 0 Å². The van der Waals surface area contributed by atoms with E-state index in [2.05, 4.69) is 36.1 Å². The second-order valence-corrected chi connectivity index (χ2v) is 2.80. The first-order chi connectivity index (χ1) is 5.70. The van der Waals surface area contributed by atoms with Gasteiger partial charge in [-0.2, -0.15) is 5.10 Å². The average Bonchev–Trinajstić information content (AvgIpc) is 2.36. The van der Waals surface area contributed by atoms with Crippen molar-refractivity contribution in [3.63, 3.8) is 0 Å². The van der Waals surface area contributed by atoms with Crippen LogP contribution in [0.3, 0.4) is 0 Å². The number of oxime groups is 1. The molecule has 0 fully saturated rings. The Morgan fingerprint density at radius 2 is 2.67 bits per heavy atom. The summed E-state index contributed by atoms with van der Waals surface area (Å²) in [5, 5.41) is 9.76. The van der Waals surface area contributed by atoms with Gasteiger partial charge in [0, 0.05) is 6.92 Å². The maximum atomic E-state index is 10.3. The smallest absolute Gasteiger partial charge is 0.319 e. The molecule has 12 heavy (non-hydrogen) atoms. The monoisotopic (exact) mass is 231 g/mol. The van der Waals surface area contributed by atoms with Gasteiger partial charge >= 0.3 is 5.97 Å².